The Hall–Kier alpha value is -1.68. The molecule has 0 fully saturated rings. The molecule has 0 aliphatic carbocycles. The number of hydrogen-bond acceptors (Lipinski definition) is 2. The molecule has 1 heterocycles. The summed E-state index contributed by atoms with van der Waals surface area (Å²) < 4.78 is 15.2. The highest BCUT2D eigenvalue weighted by Crippen LogP contribution is 2.14. The Kier molecular flexibility index (Phi) is 4.68. The number of nitrogens with one attached hydrogen (secondary N) is 1. The van der Waals surface area contributed by atoms with Crippen molar-refractivity contribution in [3.05, 3.63) is 53.1 Å². The summed E-state index contributed by atoms with van der Waals surface area (Å²) in [6.07, 6.45) is 3.97. The third-order valence-electron chi connectivity index (χ3n) is 3.11. The van der Waals surface area contributed by atoms with Gasteiger partial charge in [-0.25, -0.2) is 4.39 Å². The molecule has 0 bridgehead atoms. The average Bonchev–Trinajstić information content (AvgIpc) is 2.74. The second kappa shape index (κ2) is 6.48. The van der Waals surface area contributed by atoms with Crippen LogP contribution in [0.5, 0.6) is 0 Å². The molecule has 0 unspecified atom stereocenters. The number of halogens is 1. The molecule has 4 heteroatoms. The first kappa shape index (κ1) is 13.7. The summed E-state index contributed by atoms with van der Waals surface area (Å²) in [5, 5.41) is 7.59. The maximum absolute atomic E-state index is 13.2. The largest absolute Gasteiger partial charge is 0.316 e. The van der Waals surface area contributed by atoms with Crippen molar-refractivity contribution in [3.63, 3.8) is 0 Å². The van der Waals surface area contributed by atoms with Gasteiger partial charge in [-0.15, -0.1) is 0 Å². The van der Waals surface area contributed by atoms with Crippen molar-refractivity contribution in [3.8, 4) is 0 Å². The first-order valence-corrected chi connectivity index (χ1v) is 6.67. The Morgan fingerprint density at radius 1 is 1.37 bits per heavy atom. The minimum atomic E-state index is -0.197. The fraction of sp³-hybridized carbons (Fsp3) is 0.400. The van der Waals surface area contributed by atoms with E-state index in [4.69, 9.17) is 0 Å². The van der Waals surface area contributed by atoms with Gasteiger partial charge in [-0.3, -0.25) is 4.68 Å². The van der Waals surface area contributed by atoms with Gasteiger partial charge in [0.2, 0.25) is 0 Å². The molecule has 2 rings (SSSR count). The maximum atomic E-state index is 13.2. The van der Waals surface area contributed by atoms with Gasteiger partial charge in [-0.2, -0.15) is 5.10 Å². The van der Waals surface area contributed by atoms with Gasteiger partial charge in [0.25, 0.3) is 0 Å². The van der Waals surface area contributed by atoms with Crippen LogP contribution in [0.4, 0.5) is 4.39 Å². The van der Waals surface area contributed by atoms with E-state index < -0.39 is 0 Å². The first-order valence-electron chi connectivity index (χ1n) is 6.67. The summed E-state index contributed by atoms with van der Waals surface area (Å²) in [6.45, 7) is 3.60. The summed E-state index contributed by atoms with van der Waals surface area (Å²) in [5.41, 5.74) is 3.40. The van der Waals surface area contributed by atoms with Crippen molar-refractivity contribution in [2.24, 2.45) is 0 Å². The van der Waals surface area contributed by atoms with Crippen LogP contribution in [-0.4, -0.2) is 16.8 Å². The Morgan fingerprint density at radius 3 is 2.89 bits per heavy atom. The van der Waals surface area contributed by atoms with Gasteiger partial charge in [0.1, 0.15) is 5.82 Å². The van der Waals surface area contributed by atoms with Crippen molar-refractivity contribution in [2.75, 3.05) is 7.05 Å². The van der Waals surface area contributed by atoms with Gasteiger partial charge in [-0.05, 0) is 31.2 Å². The highest BCUT2D eigenvalue weighted by Gasteiger charge is 2.10. The van der Waals surface area contributed by atoms with Crippen LogP contribution < -0.4 is 5.32 Å². The van der Waals surface area contributed by atoms with E-state index in [1.54, 1.807) is 12.1 Å². The molecule has 0 saturated heterocycles. The topological polar surface area (TPSA) is 29.9 Å². The van der Waals surface area contributed by atoms with E-state index >= 15 is 0 Å². The molecule has 1 N–H and O–H groups in total. The van der Waals surface area contributed by atoms with Crippen molar-refractivity contribution in [2.45, 2.75) is 32.9 Å². The summed E-state index contributed by atoms with van der Waals surface area (Å²) in [4.78, 5) is 0. The number of hydrogen-bond donors (Lipinski definition) is 1. The Labute approximate surface area is 113 Å². The molecule has 0 amide bonds. The normalized spacial score (nSPS) is 10.9. The summed E-state index contributed by atoms with van der Waals surface area (Å²) >= 11 is 0. The Balaban J connectivity index is 2.24. The van der Waals surface area contributed by atoms with Crippen LogP contribution >= 0.6 is 0 Å². The van der Waals surface area contributed by atoms with Crippen LogP contribution in [0.15, 0.2) is 30.5 Å². The monoisotopic (exact) mass is 261 g/mol. The lowest BCUT2D eigenvalue weighted by Gasteiger charge is -2.09. The molecule has 0 atom stereocenters. The molecular formula is C15H20FN3. The zero-order chi connectivity index (χ0) is 13.7. The van der Waals surface area contributed by atoms with Gasteiger partial charge in [0.05, 0.1) is 12.7 Å². The first-order chi connectivity index (χ1) is 9.24. The lowest BCUT2D eigenvalue weighted by molar-refractivity contribution is 0.609. The zero-order valence-electron chi connectivity index (χ0n) is 11.5. The molecule has 0 aliphatic rings. The van der Waals surface area contributed by atoms with Crippen LogP contribution in [0, 0.1) is 5.82 Å². The molecule has 1 aromatic heterocycles. The standard InChI is InChI=1S/C15H20FN3/c1-3-5-15-13(9-17-2)10-18-19(15)11-12-6-4-7-14(16)8-12/h4,6-8,10,17H,3,5,9,11H2,1-2H3. The van der Waals surface area contributed by atoms with E-state index in [-0.39, 0.29) is 5.82 Å². The summed E-state index contributed by atoms with van der Waals surface area (Å²) in [6, 6.07) is 6.70. The van der Waals surface area contributed by atoms with Crippen molar-refractivity contribution in [1.82, 2.24) is 15.1 Å². The molecule has 0 radical (unpaired) electrons. The number of rotatable bonds is 6. The fourth-order valence-corrected chi connectivity index (χ4v) is 2.26. The molecule has 0 saturated carbocycles. The quantitative estimate of drug-likeness (QED) is 0.866. The molecule has 19 heavy (non-hydrogen) atoms. The van der Waals surface area contributed by atoms with Crippen LogP contribution in [-0.2, 0) is 19.5 Å². The number of aromatic nitrogens is 2. The second-order valence-corrected chi connectivity index (χ2v) is 4.68. The van der Waals surface area contributed by atoms with Crippen molar-refractivity contribution < 1.29 is 4.39 Å². The molecular weight excluding hydrogens is 241 g/mol. The Morgan fingerprint density at radius 2 is 2.21 bits per heavy atom. The molecule has 102 valence electrons. The maximum Gasteiger partial charge on any atom is 0.123 e. The average molecular weight is 261 g/mol. The molecule has 3 nitrogen and oxygen atoms in total. The SMILES string of the molecule is CCCc1c(CNC)cnn1Cc1cccc(F)c1. The third kappa shape index (κ3) is 3.41. The van der Waals surface area contributed by atoms with E-state index in [1.165, 1.54) is 17.3 Å². The van der Waals surface area contributed by atoms with Crippen molar-refractivity contribution >= 4 is 0 Å². The predicted octanol–water partition coefficient (Wildman–Crippen LogP) is 2.74. The second-order valence-electron chi connectivity index (χ2n) is 4.68. The minimum absolute atomic E-state index is 0.197. The summed E-state index contributed by atoms with van der Waals surface area (Å²) in [7, 11) is 1.93. The van der Waals surface area contributed by atoms with Crippen LogP contribution in [0.2, 0.25) is 0 Å². The fourth-order valence-electron chi connectivity index (χ4n) is 2.26. The van der Waals surface area contributed by atoms with Crippen LogP contribution in [0.1, 0.15) is 30.2 Å². The minimum Gasteiger partial charge on any atom is -0.316 e. The zero-order valence-corrected chi connectivity index (χ0v) is 11.5. The number of benzene rings is 1. The van der Waals surface area contributed by atoms with Gasteiger partial charge in [0.15, 0.2) is 0 Å². The summed E-state index contributed by atoms with van der Waals surface area (Å²) in [5.74, 6) is -0.197. The van der Waals surface area contributed by atoms with Gasteiger partial charge in [0, 0.05) is 17.8 Å². The van der Waals surface area contributed by atoms with Crippen LogP contribution in [0.3, 0.4) is 0 Å². The lowest BCUT2D eigenvalue weighted by Crippen LogP contribution is -2.11. The third-order valence-corrected chi connectivity index (χ3v) is 3.11. The molecule has 1 aromatic carbocycles. The lowest BCUT2D eigenvalue weighted by atomic mass is 10.1. The van der Waals surface area contributed by atoms with Crippen molar-refractivity contribution in [1.29, 1.82) is 0 Å². The predicted molar refractivity (Wildman–Crippen MR) is 74.5 cm³/mol. The molecule has 2 aromatic rings. The van der Waals surface area contributed by atoms with E-state index in [1.807, 2.05) is 24.0 Å². The number of nitrogens with zero attached hydrogens (tertiary/aromatic N) is 2. The highest BCUT2D eigenvalue weighted by molar-refractivity contribution is 5.21. The van der Waals surface area contributed by atoms with Crippen LogP contribution in [0.25, 0.3) is 0 Å². The smallest absolute Gasteiger partial charge is 0.123 e. The van der Waals surface area contributed by atoms with E-state index in [0.29, 0.717) is 6.54 Å². The van der Waals surface area contributed by atoms with E-state index in [9.17, 15) is 4.39 Å². The van der Waals surface area contributed by atoms with E-state index in [0.717, 1.165) is 24.9 Å². The highest BCUT2D eigenvalue weighted by atomic mass is 19.1. The van der Waals surface area contributed by atoms with E-state index in [2.05, 4.69) is 17.3 Å². The van der Waals surface area contributed by atoms with Gasteiger partial charge < -0.3 is 5.32 Å². The van der Waals surface area contributed by atoms with Gasteiger partial charge >= 0.3 is 0 Å². The molecule has 0 spiro atoms. The Bertz CT molecular complexity index is 534. The van der Waals surface area contributed by atoms with Gasteiger partial charge in [-0.1, -0.05) is 25.5 Å². The molecule has 0 aliphatic heterocycles.